The van der Waals surface area contributed by atoms with Gasteiger partial charge in [-0.25, -0.2) is 0 Å². The zero-order valence-electron chi connectivity index (χ0n) is 19.1. The Morgan fingerprint density at radius 3 is 2.42 bits per heavy atom. The van der Waals surface area contributed by atoms with Crippen molar-refractivity contribution < 1.29 is 9.53 Å². The van der Waals surface area contributed by atoms with E-state index in [0.717, 1.165) is 23.4 Å². The van der Waals surface area contributed by atoms with Gasteiger partial charge in [0.25, 0.3) is 0 Å². The Morgan fingerprint density at radius 1 is 1.00 bits per heavy atom. The molecule has 0 unspecified atom stereocenters. The average Bonchev–Trinajstić information content (AvgIpc) is 2.80. The maximum Gasteiger partial charge on any atom is 0.228 e. The summed E-state index contributed by atoms with van der Waals surface area (Å²) in [4.78, 5) is 19.0. The molecular weight excluding hydrogens is 414 g/mol. The second-order valence-electron chi connectivity index (χ2n) is 8.02. The molecular formula is C26H31N5O2. The van der Waals surface area contributed by atoms with E-state index in [2.05, 4.69) is 10.3 Å². The molecule has 172 valence electrons. The molecule has 0 aliphatic heterocycles. The van der Waals surface area contributed by atoms with Crippen LogP contribution < -0.4 is 21.5 Å². The van der Waals surface area contributed by atoms with Gasteiger partial charge >= 0.3 is 0 Å². The zero-order valence-corrected chi connectivity index (χ0v) is 19.1. The zero-order chi connectivity index (χ0) is 23.6. The monoisotopic (exact) mass is 445 g/mol. The molecule has 3 aromatic carbocycles. The van der Waals surface area contributed by atoms with E-state index in [4.69, 9.17) is 16.2 Å². The first-order valence-corrected chi connectivity index (χ1v) is 10.8. The fraction of sp³-hybridized carbons (Fsp3) is 0.231. The molecule has 0 aromatic heterocycles. The van der Waals surface area contributed by atoms with Crippen molar-refractivity contribution in [2.75, 3.05) is 38.2 Å². The first kappa shape index (κ1) is 23.8. The minimum Gasteiger partial charge on any atom is -0.489 e. The molecule has 5 N–H and O–H groups in total. The third kappa shape index (κ3) is 7.66. The number of nitrogen functional groups attached to an aromatic ring is 1. The van der Waals surface area contributed by atoms with E-state index in [0.29, 0.717) is 35.9 Å². The summed E-state index contributed by atoms with van der Waals surface area (Å²) in [7, 11) is 3.95. The van der Waals surface area contributed by atoms with Crippen LogP contribution in [0.1, 0.15) is 16.7 Å². The number of carbonyl (C=O) groups is 1. The van der Waals surface area contributed by atoms with Crippen LogP contribution in [0.4, 0.5) is 11.4 Å². The molecule has 3 aromatic rings. The van der Waals surface area contributed by atoms with Gasteiger partial charge < -0.3 is 26.4 Å². The lowest BCUT2D eigenvalue weighted by Gasteiger charge is -2.11. The minimum absolute atomic E-state index is 0.133. The van der Waals surface area contributed by atoms with E-state index in [1.54, 1.807) is 18.2 Å². The van der Waals surface area contributed by atoms with Crippen molar-refractivity contribution in [2.45, 2.75) is 13.0 Å². The summed E-state index contributed by atoms with van der Waals surface area (Å²) in [6.07, 6.45) is 0.241. The number of carbonyl (C=O) groups excluding carboxylic acids is 1. The van der Waals surface area contributed by atoms with Crippen LogP contribution in [0, 0.1) is 0 Å². The Labute approximate surface area is 195 Å². The summed E-state index contributed by atoms with van der Waals surface area (Å²) in [6.45, 7) is 1.86. The Balaban J connectivity index is 1.55. The highest BCUT2D eigenvalue weighted by molar-refractivity contribution is 6.03. The number of hydrogen-bond donors (Lipinski definition) is 3. The normalized spacial score (nSPS) is 11.4. The highest BCUT2D eigenvalue weighted by Gasteiger charge is 2.09. The largest absolute Gasteiger partial charge is 0.489 e. The molecule has 0 atom stereocenters. The van der Waals surface area contributed by atoms with Crippen LogP contribution in [0.5, 0.6) is 5.75 Å². The number of amidine groups is 1. The van der Waals surface area contributed by atoms with E-state index in [-0.39, 0.29) is 12.3 Å². The van der Waals surface area contributed by atoms with Gasteiger partial charge in [-0.3, -0.25) is 9.79 Å². The van der Waals surface area contributed by atoms with E-state index in [1.807, 2.05) is 73.6 Å². The minimum atomic E-state index is -0.133. The van der Waals surface area contributed by atoms with Gasteiger partial charge in [0.1, 0.15) is 18.2 Å². The number of rotatable bonds is 10. The van der Waals surface area contributed by atoms with Crippen molar-refractivity contribution in [1.82, 2.24) is 4.90 Å². The smallest absolute Gasteiger partial charge is 0.228 e. The Hall–Kier alpha value is -3.84. The number of anilines is 2. The summed E-state index contributed by atoms with van der Waals surface area (Å²) in [5.74, 6) is 0.985. The molecule has 0 fully saturated rings. The first-order valence-electron chi connectivity index (χ1n) is 10.8. The summed E-state index contributed by atoms with van der Waals surface area (Å²) >= 11 is 0. The van der Waals surface area contributed by atoms with Crippen LogP contribution in [-0.4, -0.2) is 43.8 Å². The van der Waals surface area contributed by atoms with Crippen molar-refractivity contribution in [3.8, 4) is 5.75 Å². The van der Waals surface area contributed by atoms with Crippen molar-refractivity contribution in [3.05, 3.63) is 89.5 Å². The fourth-order valence-electron chi connectivity index (χ4n) is 3.15. The summed E-state index contributed by atoms with van der Waals surface area (Å²) in [5.41, 5.74) is 15.9. The van der Waals surface area contributed by atoms with E-state index < -0.39 is 0 Å². The number of hydrogen-bond acceptors (Lipinski definition) is 5. The molecule has 0 bridgehead atoms. The van der Waals surface area contributed by atoms with Gasteiger partial charge in [-0.1, -0.05) is 42.5 Å². The van der Waals surface area contributed by atoms with Gasteiger partial charge in [0.05, 0.1) is 13.0 Å². The Morgan fingerprint density at radius 2 is 1.73 bits per heavy atom. The lowest BCUT2D eigenvalue weighted by atomic mass is 10.1. The van der Waals surface area contributed by atoms with Crippen LogP contribution in [0.2, 0.25) is 0 Å². The molecule has 0 heterocycles. The molecule has 0 spiro atoms. The van der Waals surface area contributed by atoms with Crippen LogP contribution >= 0.6 is 0 Å². The number of nitrogens with one attached hydrogen (secondary N) is 1. The number of nitrogens with two attached hydrogens (primary N) is 2. The third-order valence-electron chi connectivity index (χ3n) is 4.98. The van der Waals surface area contributed by atoms with Crippen LogP contribution in [-0.2, 0) is 17.8 Å². The standard InChI is InChI=1S/C26H31N5O2/c1-31(2)15-14-29-26(28)23-17-21(10-13-24(23)27)30-25(32)16-19-8-11-22(12-9-19)33-18-20-6-4-3-5-7-20/h3-13,17H,14-16,18,27H2,1-2H3,(H2,28,29)(H,30,32). The van der Waals surface area contributed by atoms with E-state index >= 15 is 0 Å². The van der Waals surface area contributed by atoms with Gasteiger partial charge in [-0.15, -0.1) is 0 Å². The lowest BCUT2D eigenvalue weighted by molar-refractivity contribution is -0.115. The van der Waals surface area contributed by atoms with Gasteiger partial charge in [0.15, 0.2) is 0 Å². The molecule has 0 aliphatic carbocycles. The maximum absolute atomic E-state index is 12.5. The average molecular weight is 446 g/mol. The van der Waals surface area contributed by atoms with Crippen molar-refractivity contribution in [1.29, 1.82) is 0 Å². The highest BCUT2D eigenvalue weighted by Crippen LogP contribution is 2.19. The highest BCUT2D eigenvalue weighted by atomic mass is 16.5. The van der Waals surface area contributed by atoms with Gasteiger partial charge in [-0.2, -0.15) is 0 Å². The molecule has 7 nitrogen and oxygen atoms in total. The van der Waals surface area contributed by atoms with Crippen LogP contribution in [0.3, 0.4) is 0 Å². The predicted molar refractivity (Wildman–Crippen MR) is 135 cm³/mol. The van der Waals surface area contributed by atoms with Crippen LogP contribution in [0.15, 0.2) is 77.8 Å². The fourth-order valence-corrected chi connectivity index (χ4v) is 3.15. The first-order chi connectivity index (χ1) is 15.9. The van der Waals surface area contributed by atoms with Gasteiger partial charge in [0.2, 0.25) is 5.91 Å². The summed E-state index contributed by atoms with van der Waals surface area (Å²) in [5, 5.41) is 2.90. The Bertz CT molecular complexity index is 1080. The van der Waals surface area contributed by atoms with Crippen molar-refractivity contribution >= 4 is 23.1 Å². The van der Waals surface area contributed by atoms with Crippen LogP contribution in [0.25, 0.3) is 0 Å². The van der Waals surface area contributed by atoms with E-state index in [9.17, 15) is 4.79 Å². The number of aliphatic imine (C=N–C) groups is 1. The molecule has 0 aliphatic rings. The number of likely N-dealkylation sites (N-methyl/N-ethyl adjacent to an activating group) is 1. The summed E-state index contributed by atoms with van der Waals surface area (Å²) < 4.78 is 5.80. The Kier molecular flexibility index (Phi) is 8.43. The summed E-state index contributed by atoms with van der Waals surface area (Å²) in [6, 6.07) is 22.7. The molecule has 0 radical (unpaired) electrons. The number of nitrogens with zero attached hydrogens (tertiary/aromatic N) is 2. The topological polar surface area (TPSA) is 106 Å². The number of ether oxygens (including phenoxy) is 1. The van der Waals surface area contributed by atoms with Crippen molar-refractivity contribution in [3.63, 3.8) is 0 Å². The molecule has 1 amide bonds. The van der Waals surface area contributed by atoms with Gasteiger partial charge in [-0.05, 0) is 55.6 Å². The van der Waals surface area contributed by atoms with Crippen molar-refractivity contribution in [2.24, 2.45) is 10.7 Å². The maximum atomic E-state index is 12.5. The molecule has 0 saturated heterocycles. The lowest BCUT2D eigenvalue weighted by Crippen LogP contribution is -2.21. The third-order valence-corrected chi connectivity index (χ3v) is 4.98. The molecule has 7 heteroatoms. The molecule has 3 rings (SSSR count). The second kappa shape index (κ2) is 11.7. The molecule has 33 heavy (non-hydrogen) atoms. The quantitative estimate of drug-likeness (QED) is 0.252. The number of benzene rings is 3. The number of amides is 1. The van der Waals surface area contributed by atoms with Gasteiger partial charge in [0, 0.05) is 23.5 Å². The SMILES string of the molecule is CN(C)CCN=C(N)c1cc(NC(=O)Cc2ccc(OCc3ccccc3)cc2)ccc1N. The predicted octanol–water partition coefficient (Wildman–Crippen LogP) is 3.30. The second-order valence-corrected chi connectivity index (χ2v) is 8.02. The van der Waals surface area contributed by atoms with E-state index in [1.165, 1.54) is 0 Å². The molecule has 0 saturated carbocycles.